The summed E-state index contributed by atoms with van der Waals surface area (Å²) in [7, 11) is 0. The fourth-order valence-corrected chi connectivity index (χ4v) is 4.43. The Morgan fingerprint density at radius 3 is 2.59 bits per heavy atom. The molecule has 1 aliphatic carbocycles. The van der Waals surface area contributed by atoms with Gasteiger partial charge < -0.3 is 5.32 Å². The summed E-state index contributed by atoms with van der Waals surface area (Å²) in [5, 5.41) is 3.87. The Morgan fingerprint density at radius 2 is 1.68 bits per heavy atom. The number of aryl methyl sites for hydroxylation is 1. The molecule has 1 unspecified atom stereocenters. The van der Waals surface area contributed by atoms with Crippen molar-refractivity contribution in [1.82, 2.24) is 5.32 Å². The van der Waals surface area contributed by atoms with E-state index in [2.05, 4.69) is 59.9 Å². The molecule has 1 heteroatoms. The minimum atomic E-state index is 0.639. The van der Waals surface area contributed by atoms with Crippen LogP contribution in [-0.2, 0) is 12.8 Å². The van der Waals surface area contributed by atoms with Crippen molar-refractivity contribution in [3.05, 3.63) is 71.3 Å². The van der Waals surface area contributed by atoms with Gasteiger partial charge in [0.15, 0.2) is 0 Å². The van der Waals surface area contributed by atoms with Crippen molar-refractivity contribution in [2.75, 3.05) is 6.54 Å². The van der Waals surface area contributed by atoms with E-state index in [4.69, 9.17) is 0 Å². The standard InChI is InChI=1S/C21H25N/c1-2-6-16(7-3-1)14-19-13-12-18-11-10-17-8-4-5-9-20(17)21(18)15-22-19/h1-9,18-19,21-22H,10-15H2/t18-,19?,21+/m1/s1. The van der Waals surface area contributed by atoms with Crippen LogP contribution in [0.25, 0.3) is 0 Å². The summed E-state index contributed by atoms with van der Waals surface area (Å²) in [4.78, 5) is 0. The van der Waals surface area contributed by atoms with Crippen molar-refractivity contribution in [1.29, 1.82) is 0 Å². The van der Waals surface area contributed by atoms with Gasteiger partial charge in [0, 0.05) is 12.6 Å². The highest BCUT2D eigenvalue weighted by atomic mass is 14.9. The van der Waals surface area contributed by atoms with Crippen LogP contribution in [0.5, 0.6) is 0 Å². The molecule has 1 heterocycles. The number of rotatable bonds is 2. The van der Waals surface area contributed by atoms with Crippen LogP contribution in [0.3, 0.4) is 0 Å². The third-order valence-electron chi connectivity index (χ3n) is 5.65. The molecule has 3 atom stereocenters. The molecule has 114 valence electrons. The largest absolute Gasteiger partial charge is 0.313 e. The molecule has 0 bridgehead atoms. The van der Waals surface area contributed by atoms with E-state index in [0.29, 0.717) is 6.04 Å². The van der Waals surface area contributed by atoms with E-state index < -0.39 is 0 Å². The number of hydrogen-bond acceptors (Lipinski definition) is 1. The predicted octanol–water partition coefficient (Wildman–Crippen LogP) is 4.33. The maximum absolute atomic E-state index is 3.87. The number of fused-ring (bicyclic) bond motifs is 3. The van der Waals surface area contributed by atoms with E-state index in [0.717, 1.165) is 18.4 Å². The molecule has 0 amide bonds. The molecule has 0 saturated carbocycles. The van der Waals surface area contributed by atoms with Gasteiger partial charge in [-0.05, 0) is 60.6 Å². The second-order valence-corrected chi connectivity index (χ2v) is 6.98. The Hall–Kier alpha value is -1.60. The normalized spacial score (nSPS) is 27.5. The third-order valence-corrected chi connectivity index (χ3v) is 5.65. The Kier molecular flexibility index (Phi) is 3.99. The van der Waals surface area contributed by atoms with Crippen molar-refractivity contribution in [3.8, 4) is 0 Å². The van der Waals surface area contributed by atoms with Crippen LogP contribution >= 0.6 is 0 Å². The molecule has 4 rings (SSSR count). The third kappa shape index (κ3) is 2.83. The number of benzene rings is 2. The molecule has 0 radical (unpaired) electrons. The van der Waals surface area contributed by atoms with Crippen molar-refractivity contribution < 1.29 is 0 Å². The quantitative estimate of drug-likeness (QED) is 0.868. The Bertz CT molecular complexity index is 619. The van der Waals surface area contributed by atoms with Crippen LogP contribution < -0.4 is 5.32 Å². The highest BCUT2D eigenvalue weighted by molar-refractivity contribution is 5.34. The van der Waals surface area contributed by atoms with Crippen LogP contribution in [0.15, 0.2) is 54.6 Å². The predicted molar refractivity (Wildman–Crippen MR) is 92.2 cm³/mol. The molecule has 2 aromatic rings. The second-order valence-electron chi connectivity index (χ2n) is 6.98. The lowest BCUT2D eigenvalue weighted by Gasteiger charge is -2.32. The average Bonchev–Trinajstić information content (AvgIpc) is 2.79. The fraction of sp³-hybridized carbons (Fsp3) is 0.429. The van der Waals surface area contributed by atoms with Crippen molar-refractivity contribution in [2.45, 2.75) is 44.1 Å². The van der Waals surface area contributed by atoms with Gasteiger partial charge in [0.1, 0.15) is 0 Å². The van der Waals surface area contributed by atoms with Gasteiger partial charge in [-0.15, -0.1) is 0 Å². The number of hydrogen-bond donors (Lipinski definition) is 1. The van der Waals surface area contributed by atoms with Gasteiger partial charge in [-0.1, -0.05) is 54.6 Å². The fourth-order valence-electron chi connectivity index (χ4n) is 4.43. The molecule has 2 aliphatic rings. The van der Waals surface area contributed by atoms with E-state index in [9.17, 15) is 0 Å². The highest BCUT2D eigenvalue weighted by Crippen LogP contribution is 2.40. The first-order chi connectivity index (χ1) is 10.9. The SMILES string of the molecule is c1ccc(CC2CC[C@H]3CCc4ccccc4[C@H]3CN2)cc1. The zero-order chi connectivity index (χ0) is 14.8. The Labute approximate surface area is 133 Å². The molecule has 1 nitrogen and oxygen atoms in total. The minimum Gasteiger partial charge on any atom is -0.313 e. The van der Waals surface area contributed by atoms with E-state index in [1.807, 2.05) is 0 Å². The van der Waals surface area contributed by atoms with Crippen LogP contribution in [0, 0.1) is 5.92 Å². The molecule has 0 spiro atoms. The van der Waals surface area contributed by atoms with Gasteiger partial charge in [-0.25, -0.2) is 0 Å². The van der Waals surface area contributed by atoms with Gasteiger partial charge in [0.2, 0.25) is 0 Å². The van der Waals surface area contributed by atoms with Gasteiger partial charge >= 0.3 is 0 Å². The summed E-state index contributed by atoms with van der Waals surface area (Å²) in [6.45, 7) is 1.15. The zero-order valence-electron chi connectivity index (χ0n) is 13.2. The van der Waals surface area contributed by atoms with Crippen LogP contribution in [0.2, 0.25) is 0 Å². The molecule has 1 aliphatic heterocycles. The summed E-state index contributed by atoms with van der Waals surface area (Å²) >= 11 is 0. The molecule has 2 aromatic carbocycles. The average molecular weight is 291 g/mol. The van der Waals surface area contributed by atoms with Gasteiger partial charge in [0.25, 0.3) is 0 Å². The van der Waals surface area contributed by atoms with Crippen LogP contribution in [0.1, 0.15) is 41.9 Å². The smallest absolute Gasteiger partial charge is 0.0108 e. The molecule has 1 saturated heterocycles. The highest BCUT2D eigenvalue weighted by Gasteiger charge is 2.32. The first-order valence-corrected chi connectivity index (χ1v) is 8.75. The number of nitrogens with one attached hydrogen (secondary N) is 1. The Morgan fingerprint density at radius 1 is 0.864 bits per heavy atom. The van der Waals surface area contributed by atoms with E-state index >= 15 is 0 Å². The van der Waals surface area contributed by atoms with Crippen molar-refractivity contribution >= 4 is 0 Å². The van der Waals surface area contributed by atoms with Crippen LogP contribution in [0.4, 0.5) is 0 Å². The first kappa shape index (κ1) is 14.0. The van der Waals surface area contributed by atoms with Gasteiger partial charge in [0.05, 0.1) is 0 Å². The van der Waals surface area contributed by atoms with E-state index in [1.54, 1.807) is 11.1 Å². The summed E-state index contributed by atoms with van der Waals surface area (Å²) < 4.78 is 0. The van der Waals surface area contributed by atoms with E-state index in [1.165, 1.54) is 37.7 Å². The molecule has 1 N–H and O–H groups in total. The first-order valence-electron chi connectivity index (χ1n) is 8.75. The molecular formula is C21H25N. The molecule has 22 heavy (non-hydrogen) atoms. The lowest BCUT2D eigenvalue weighted by atomic mass is 9.74. The van der Waals surface area contributed by atoms with Crippen molar-refractivity contribution in [2.24, 2.45) is 5.92 Å². The van der Waals surface area contributed by atoms with Crippen LogP contribution in [-0.4, -0.2) is 12.6 Å². The summed E-state index contributed by atoms with van der Waals surface area (Å²) in [5.74, 6) is 1.61. The summed E-state index contributed by atoms with van der Waals surface area (Å²) in [6.07, 6.45) is 6.52. The van der Waals surface area contributed by atoms with Gasteiger partial charge in [-0.3, -0.25) is 0 Å². The van der Waals surface area contributed by atoms with Gasteiger partial charge in [-0.2, -0.15) is 0 Å². The molecule has 0 aromatic heterocycles. The maximum atomic E-state index is 3.87. The Balaban J connectivity index is 1.49. The lowest BCUT2D eigenvalue weighted by Crippen LogP contribution is -2.33. The monoisotopic (exact) mass is 291 g/mol. The van der Waals surface area contributed by atoms with E-state index in [-0.39, 0.29) is 0 Å². The van der Waals surface area contributed by atoms with Crippen molar-refractivity contribution in [3.63, 3.8) is 0 Å². The second kappa shape index (κ2) is 6.26. The minimum absolute atomic E-state index is 0.639. The lowest BCUT2D eigenvalue weighted by molar-refractivity contribution is 0.363. The summed E-state index contributed by atoms with van der Waals surface area (Å²) in [5.41, 5.74) is 4.67. The topological polar surface area (TPSA) is 12.0 Å². The zero-order valence-corrected chi connectivity index (χ0v) is 13.2. The molecular weight excluding hydrogens is 266 g/mol. The summed E-state index contributed by atoms with van der Waals surface area (Å²) in [6, 6.07) is 20.7. The maximum Gasteiger partial charge on any atom is 0.0108 e. The molecule has 1 fully saturated rings.